The number of aromatic nitrogens is 2. The Kier molecular flexibility index (Phi) is 3.45. The number of ether oxygens (including phenoxy) is 1. The molecule has 0 atom stereocenters. The summed E-state index contributed by atoms with van der Waals surface area (Å²) >= 11 is 0. The van der Waals surface area contributed by atoms with E-state index in [1.807, 2.05) is 0 Å². The first-order valence-corrected chi connectivity index (χ1v) is 6.52. The molecule has 0 aliphatic heterocycles. The van der Waals surface area contributed by atoms with Crippen LogP contribution in [0.15, 0.2) is 6.20 Å². The van der Waals surface area contributed by atoms with Gasteiger partial charge in [0.15, 0.2) is 0 Å². The largest absolute Gasteiger partial charge is 0.477 e. The zero-order valence-corrected chi connectivity index (χ0v) is 11.8. The molecular weight excluding hydrogens is 262 g/mol. The van der Waals surface area contributed by atoms with Crippen molar-refractivity contribution < 1.29 is 19.4 Å². The SMILES string of the molecule is CC(C)(C)OC(=O)NC1(c2ncc(C(=O)O)[nH]2)CCC1. The van der Waals surface area contributed by atoms with Crippen LogP contribution in [0, 0.1) is 0 Å². The zero-order chi connectivity index (χ0) is 15.0. The van der Waals surface area contributed by atoms with Gasteiger partial charge >= 0.3 is 12.1 Å². The molecule has 1 aromatic heterocycles. The average Bonchev–Trinajstić information content (AvgIpc) is 2.70. The Morgan fingerprint density at radius 3 is 2.50 bits per heavy atom. The summed E-state index contributed by atoms with van der Waals surface area (Å²) in [7, 11) is 0. The lowest BCUT2D eigenvalue weighted by atomic mass is 9.76. The number of hydrogen-bond acceptors (Lipinski definition) is 4. The summed E-state index contributed by atoms with van der Waals surface area (Å²) in [5, 5.41) is 11.7. The number of carbonyl (C=O) groups is 2. The first kappa shape index (κ1) is 14.4. The molecule has 1 saturated carbocycles. The first-order chi connectivity index (χ1) is 9.22. The number of carboxylic acid groups (broad SMARTS) is 1. The molecule has 20 heavy (non-hydrogen) atoms. The Morgan fingerprint density at radius 1 is 1.45 bits per heavy atom. The number of rotatable bonds is 3. The van der Waals surface area contributed by atoms with E-state index in [2.05, 4.69) is 15.3 Å². The van der Waals surface area contributed by atoms with E-state index in [0.717, 1.165) is 6.42 Å². The van der Waals surface area contributed by atoms with Gasteiger partial charge in [0.05, 0.1) is 6.20 Å². The van der Waals surface area contributed by atoms with Gasteiger partial charge in [0, 0.05) is 0 Å². The van der Waals surface area contributed by atoms with Crippen molar-refractivity contribution in [3.05, 3.63) is 17.7 Å². The molecule has 1 aliphatic rings. The van der Waals surface area contributed by atoms with Crippen molar-refractivity contribution in [1.29, 1.82) is 0 Å². The number of amides is 1. The smallest absolute Gasteiger partial charge is 0.408 e. The minimum absolute atomic E-state index is 0.0114. The van der Waals surface area contributed by atoms with Crippen LogP contribution >= 0.6 is 0 Å². The molecule has 1 amide bonds. The number of carboxylic acids is 1. The second-order valence-corrected chi connectivity index (χ2v) is 6.01. The van der Waals surface area contributed by atoms with Gasteiger partial charge in [-0.15, -0.1) is 0 Å². The molecule has 1 aromatic rings. The molecule has 0 spiro atoms. The van der Waals surface area contributed by atoms with Crippen LogP contribution in [0.5, 0.6) is 0 Å². The molecular formula is C13H19N3O4. The van der Waals surface area contributed by atoms with Crippen molar-refractivity contribution >= 4 is 12.1 Å². The fourth-order valence-corrected chi connectivity index (χ4v) is 2.12. The second-order valence-electron chi connectivity index (χ2n) is 6.01. The highest BCUT2D eigenvalue weighted by atomic mass is 16.6. The summed E-state index contributed by atoms with van der Waals surface area (Å²) in [6, 6.07) is 0. The van der Waals surface area contributed by atoms with E-state index in [-0.39, 0.29) is 5.69 Å². The van der Waals surface area contributed by atoms with E-state index >= 15 is 0 Å². The number of alkyl carbamates (subject to hydrolysis) is 1. The molecule has 0 saturated heterocycles. The highest BCUT2D eigenvalue weighted by Gasteiger charge is 2.43. The fourth-order valence-electron chi connectivity index (χ4n) is 2.12. The standard InChI is InChI=1S/C13H19N3O4/c1-12(2,3)20-11(19)16-13(5-4-6-13)10-14-7-8(15-10)9(17)18/h7H,4-6H2,1-3H3,(H,14,15)(H,16,19)(H,17,18). The maximum absolute atomic E-state index is 11.9. The van der Waals surface area contributed by atoms with Gasteiger partial charge < -0.3 is 20.1 Å². The predicted octanol–water partition coefficient (Wildman–Crippen LogP) is 2.01. The van der Waals surface area contributed by atoms with E-state index in [0.29, 0.717) is 18.7 Å². The van der Waals surface area contributed by atoms with Crippen molar-refractivity contribution in [2.45, 2.75) is 51.2 Å². The van der Waals surface area contributed by atoms with Crippen LogP contribution in [0.25, 0.3) is 0 Å². The van der Waals surface area contributed by atoms with Gasteiger partial charge in [0.1, 0.15) is 22.7 Å². The van der Waals surface area contributed by atoms with Gasteiger partial charge in [-0.05, 0) is 40.0 Å². The third-order valence-corrected chi connectivity index (χ3v) is 3.21. The Balaban J connectivity index is 2.13. The number of nitrogens with zero attached hydrogens (tertiary/aromatic N) is 1. The van der Waals surface area contributed by atoms with Crippen LogP contribution in [0.1, 0.15) is 56.3 Å². The molecule has 1 aliphatic carbocycles. The highest BCUT2D eigenvalue weighted by molar-refractivity contribution is 5.85. The van der Waals surface area contributed by atoms with Crippen LogP contribution in [0.3, 0.4) is 0 Å². The molecule has 1 heterocycles. The summed E-state index contributed by atoms with van der Waals surface area (Å²) in [5.41, 5.74) is -1.21. The number of nitrogens with one attached hydrogen (secondary N) is 2. The Hall–Kier alpha value is -2.05. The van der Waals surface area contributed by atoms with E-state index in [4.69, 9.17) is 9.84 Å². The lowest BCUT2D eigenvalue weighted by molar-refractivity contribution is 0.0366. The minimum atomic E-state index is -1.07. The maximum atomic E-state index is 11.9. The van der Waals surface area contributed by atoms with Crippen molar-refractivity contribution in [1.82, 2.24) is 15.3 Å². The van der Waals surface area contributed by atoms with Crippen LogP contribution in [0.4, 0.5) is 4.79 Å². The zero-order valence-electron chi connectivity index (χ0n) is 11.8. The Morgan fingerprint density at radius 2 is 2.10 bits per heavy atom. The third kappa shape index (κ3) is 2.92. The minimum Gasteiger partial charge on any atom is -0.477 e. The lowest BCUT2D eigenvalue weighted by Gasteiger charge is -2.40. The van der Waals surface area contributed by atoms with Gasteiger partial charge in [-0.2, -0.15) is 0 Å². The van der Waals surface area contributed by atoms with Crippen LogP contribution in [-0.4, -0.2) is 32.7 Å². The molecule has 7 heteroatoms. The number of carbonyl (C=O) groups excluding carboxylic acids is 1. The van der Waals surface area contributed by atoms with Crippen LogP contribution in [-0.2, 0) is 10.3 Å². The monoisotopic (exact) mass is 281 g/mol. The van der Waals surface area contributed by atoms with Gasteiger partial charge in [-0.25, -0.2) is 14.6 Å². The van der Waals surface area contributed by atoms with E-state index in [1.54, 1.807) is 20.8 Å². The summed E-state index contributed by atoms with van der Waals surface area (Å²) in [6.45, 7) is 5.36. The predicted molar refractivity (Wildman–Crippen MR) is 70.4 cm³/mol. The van der Waals surface area contributed by atoms with E-state index < -0.39 is 23.2 Å². The summed E-state index contributed by atoms with van der Waals surface area (Å²) < 4.78 is 5.24. The Labute approximate surface area is 116 Å². The van der Waals surface area contributed by atoms with Crippen molar-refractivity contribution in [2.24, 2.45) is 0 Å². The molecule has 0 bridgehead atoms. The molecule has 110 valence electrons. The van der Waals surface area contributed by atoms with Gasteiger partial charge in [0.25, 0.3) is 0 Å². The topological polar surface area (TPSA) is 104 Å². The van der Waals surface area contributed by atoms with E-state index in [9.17, 15) is 9.59 Å². The number of hydrogen-bond donors (Lipinski definition) is 3. The Bertz CT molecular complexity index is 526. The second kappa shape index (κ2) is 4.81. The number of H-pyrrole nitrogens is 1. The van der Waals surface area contributed by atoms with Gasteiger partial charge in [-0.3, -0.25) is 0 Å². The van der Waals surface area contributed by atoms with E-state index in [1.165, 1.54) is 6.20 Å². The van der Waals surface area contributed by atoms with Crippen molar-refractivity contribution in [3.63, 3.8) is 0 Å². The third-order valence-electron chi connectivity index (χ3n) is 3.21. The fraction of sp³-hybridized carbons (Fsp3) is 0.615. The van der Waals surface area contributed by atoms with Crippen LogP contribution < -0.4 is 5.32 Å². The maximum Gasteiger partial charge on any atom is 0.408 e. The average molecular weight is 281 g/mol. The summed E-state index contributed by atoms with van der Waals surface area (Å²) in [5.74, 6) is -0.609. The molecule has 7 nitrogen and oxygen atoms in total. The normalized spacial score (nSPS) is 17.1. The number of aromatic carboxylic acids is 1. The quantitative estimate of drug-likeness (QED) is 0.786. The molecule has 0 radical (unpaired) electrons. The highest BCUT2D eigenvalue weighted by Crippen LogP contribution is 2.40. The van der Waals surface area contributed by atoms with Crippen molar-refractivity contribution in [2.75, 3.05) is 0 Å². The number of aromatic amines is 1. The molecule has 1 fully saturated rings. The first-order valence-electron chi connectivity index (χ1n) is 6.52. The van der Waals surface area contributed by atoms with Gasteiger partial charge in [-0.1, -0.05) is 0 Å². The van der Waals surface area contributed by atoms with Crippen LogP contribution in [0.2, 0.25) is 0 Å². The molecule has 0 aromatic carbocycles. The number of imidazole rings is 1. The summed E-state index contributed by atoms with van der Waals surface area (Å²) in [6.07, 6.45) is 3.09. The lowest BCUT2D eigenvalue weighted by Crippen LogP contribution is -2.52. The molecule has 2 rings (SSSR count). The molecule has 0 unspecified atom stereocenters. The summed E-state index contributed by atoms with van der Waals surface area (Å²) in [4.78, 5) is 29.6. The van der Waals surface area contributed by atoms with Crippen molar-refractivity contribution in [3.8, 4) is 0 Å². The van der Waals surface area contributed by atoms with Gasteiger partial charge in [0.2, 0.25) is 0 Å². The molecule has 3 N–H and O–H groups in total.